The lowest BCUT2D eigenvalue weighted by Gasteiger charge is -1.98. The normalized spacial score (nSPS) is 11.2. The minimum Gasteiger partial charge on any atom is -0.486 e. The second-order valence-corrected chi connectivity index (χ2v) is 3.32. The molecule has 0 spiro atoms. The maximum Gasteiger partial charge on any atom is 0.277 e. The van der Waals surface area contributed by atoms with Gasteiger partial charge in [0.05, 0.1) is 12.6 Å². The Morgan fingerprint density at radius 3 is 3.06 bits per heavy atom. The van der Waals surface area contributed by atoms with Gasteiger partial charge < -0.3 is 9.72 Å². The third-order valence-electron chi connectivity index (χ3n) is 2.17. The van der Waals surface area contributed by atoms with Crippen molar-refractivity contribution in [1.29, 1.82) is 0 Å². The minimum atomic E-state index is -0.397. The highest BCUT2D eigenvalue weighted by molar-refractivity contribution is 5.89. The Morgan fingerprint density at radius 1 is 1.65 bits per heavy atom. The Kier molecular flexibility index (Phi) is 2.73. The molecule has 2 heterocycles. The van der Waals surface area contributed by atoms with Crippen LogP contribution in [0.1, 0.15) is 11.7 Å². The monoisotopic (exact) mass is 234 g/mol. The molecule has 0 aliphatic carbocycles. The van der Waals surface area contributed by atoms with Crippen LogP contribution in [0, 0.1) is 0 Å². The summed E-state index contributed by atoms with van der Waals surface area (Å²) in [7, 11) is 1.44. The maximum atomic E-state index is 11.6. The van der Waals surface area contributed by atoms with E-state index in [1.807, 2.05) is 0 Å². The molecule has 0 unspecified atom stereocenters. The number of carbonyl (C=O) groups is 1. The highest BCUT2D eigenvalue weighted by atomic mass is 16.5. The van der Waals surface area contributed by atoms with Gasteiger partial charge >= 0.3 is 0 Å². The van der Waals surface area contributed by atoms with E-state index in [2.05, 4.69) is 19.7 Å². The number of aromatic amines is 1. The predicted molar refractivity (Wildman–Crippen MR) is 61.8 cm³/mol. The SMILES string of the molecule is CO/C=N\c1cc2c(ncn2C(C)=O)c(=O)[nH]1. The molecule has 7 nitrogen and oxygen atoms in total. The summed E-state index contributed by atoms with van der Waals surface area (Å²) in [6.07, 6.45) is 2.50. The summed E-state index contributed by atoms with van der Waals surface area (Å²) >= 11 is 0. The van der Waals surface area contributed by atoms with Gasteiger partial charge in [0.1, 0.15) is 12.1 Å². The quantitative estimate of drug-likeness (QED) is 0.611. The van der Waals surface area contributed by atoms with Crippen molar-refractivity contribution in [2.75, 3.05) is 7.11 Å². The van der Waals surface area contributed by atoms with Crippen LogP contribution in [0.2, 0.25) is 0 Å². The number of hydrogen-bond donors (Lipinski definition) is 1. The fourth-order valence-electron chi connectivity index (χ4n) is 1.44. The Morgan fingerprint density at radius 2 is 2.41 bits per heavy atom. The summed E-state index contributed by atoms with van der Waals surface area (Å²) in [4.78, 5) is 33.2. The fourth-order valence-corrected chi connectivity index (χ4v) is 1.44. The van der Waals surface area contributed by atoms with Crippen LogP contribution < -0.4 is 5.56 Å². The summed E-state index contributed by atoms with van der Waals surface area (Å²) in [5, 5.41) is 0. The van der Waals surface area contributed by atoms with Crippen molar-refractivity contribution < 1.29 is 9.53 Å². The molecule has 0 saturated heterocycles. The van der Waals surface area contributed by atoms with Crippen LogP contribution in [0.4, 0.5) is 5.82 Å². The summed E-state index contributed by atoms with van der Waals surface area (Å²) in [6.45, 7) is 1.39. The number of carbonyl (C=O) groups excluding carboxylic acids is 1. The van der Waals surface area contributed by atoms with Crippen molar-refractivity contribution in [3.8, 4) is 0 Å². The van der Waals surface area contributed by atoms with Crippen LogP contribution in [-0.4, -0.2) is 34.0 Å². The zero-order valence-corrected chi connectivity index (χ0v) is 9.30. The molecule has 0 aromatic carbocycles. The zero-order valence-electron chi connectivity index (χ0n) is 9.30. The smallest absolute Gasteiger partial charge is 0.277 e. The molecule has 0 fully saturated rings. The number of hydrogen-bond acceptors (Lipinski definition) is 5. The average Bonchev–Trinajstić information content (AvgIpc) is 2.70. The molecule has 0 bridgehead atoms. The van der Waals surface area contributed by atoms with Gasteiger partial charge in [-0.2, -0.15) is 0 Å². The number of nitrogens with zero attached hydrogens (tertiary/aromatic N) is 3. The van der Waals surface area contributed by atoms with Crippen molar-refractivity contribution in [3.63, 3.8) is 0 Å². The van der Waals surface area contributed by atoms with E-state index in [9.17, 15) is 9.59 Å². The van der Waals surface area contributed by atoms with E-state index in [0.29, 0.717) is 11.3 Å². The Labute approximate surface area is 95.8 Å². The van der Waals surface area contributed by atoms with Gasteiger partial charge in [-0.3, -0.25) is 14.2 Å². The molecule has 0 aliphatic heterocycles. The number of aromatic nitrogens is 3. The Bertz CT molecular complexity index is 653. The molecule has 17 heavy (non-hydrogen) atoms. The molecule has 0 radical (unpaired) electrons. The molecular weight excluding hydrogens is 224 g/mol. The van der Waals surface area contributed by atoms with Gasteiger partial charge in [-0.1, -0.05) is 0 Å². The summed E-state index contributed by atoms with van der Waals surface area (Å²) < 4.78 is 5.94. The van der Waals surface area contributed by atoms with Gasteiger partial charge in [0.15, 0.2) is 11.9 Å². The van der Waals surface area contributed by atoms with Crippen molar-refractivity contribution in [2.45, 2.75) is 6.92 Å². The molecular formula is C10H10N4O3. The first-order valence-corrected chi connectivity index (χ1v) is 4.80. The van der Waals surface area contributed by atoms with Gasteiger partial charge in [-0.15, -0.1) is 0 Å². The number of imidazole rings is 1. The Balaban J connectivity index is 2.69. The lowest BCUT2D eigenvalue weighted by Crippen LogP contribution is -2.08. The van der Waals surface area contributed by atoms with E-state index < -0.39 is 5.56 Å². The van der Waals surface area contributed by atoms with Crippen molar-refractivity contribution in [2.24, 2.45) is 4.99 Å². The molecule has 1 N–H and O–H groups in total. The van der Waals surface area contributed by atoms with Crippen LogP contribution in [0.15, 0.2) is 22.2 Å². The number of pyridine rings is 1. The first-order valence-electron chi connectivity index (χ1n) is 4.80. The third kappa shape index (κ3) is 1.94. The fraction of sp³-hybridized carbons (Fsp3) is 0.200. The zero-order chi connectivity index (χ0) is 12.4. The first kappa shape index (κ1) is 11.1. The van der Waals surface area contributed by atoms with Crippen LogP contribution in [0.25, 0.3) is 11.0 Å². The Hall–Kier alpha value is -2.44. The number of H-pyrrole nitrogens is 1. The molecule has 0 amide bonds. The number of nitrogens with one attached hydrogen (secondary N) is 1. The highest BCUT2D eigenvalue weighted by Gasteiger charge is 2.10. The molecule has 7 heteroatoms. The number of ether oxygens (including phenoxy) is 1. The van der Waals surface area contributed by atoms with E-state index in [-0.39, 0.29) is 11.4 Å². The number of fused-ring (bicyclic) bond motifs is 1. The molecule has 0 saturated carbocycles. The average molecular weight is 234 g/mol. The van der Waals surface area contributed by atoms with E-state index in [4.69, 9.17) is 0 Å². The summed E-state index contributed by atoms with van der Waals surface area (Å²) in [5.41, 5.74) is 0.229. The van der Waals surface area contributed by atoms with E-state index >= 15 is 0 Å². The minimum absolute atomic E-state index is 0.205. The van der Waals surface area contributed by atoms with E-state index in [1.165, 1.54) is 31.3 Å². The van der Waals surface area contributed by atoms with Gasteiger partial charge in [0.25, 0.3) is 5.56 Å². The van der Waals surface area contributed by atoms with Crippen LogP contribution >= 0.6 is 0 Å². The van der Waals surface area contributed by atoms with Gasteiger partial charge in [-0.25, -0.2) is 9.98 Å². The van der Waals surface area contributed by atoms with Gasteiger partial charge in [0, 0.05) is 13.0 Å². The van der Waals surface area contributed by atoms with Gasteiger partial charge in [0.2, 0.25) is 5.91 Å². The third-order valence-corrected chi connectivity index (χ3v) is 2.17. The predicted octanol–water partition coefficient (Wildman–Crippen LogP) is 0.691. The molecule has 88 valence electrons. The second kappa shape index (κ2) is 4.20. The van der Waals surface area contributed by atoms with Crippen molar-refractivity contribution >= 4 is 29.2 Å². The lowest BCUT2D eigenvalue weighted by atomic mass is 10.4. The summed E-state index contributed by atoms with van der Waals surface area (Å²) in [5.74, 6) is 0.0760. The van der Waals surface area contributed by atoms with E-state index in [0.717, 1.165) is 0 Å². The summed E-state index contributed by atoms with van der Waals surface area (Å²) in [6, 6.07) is 1.56. The second-order valence-electron chi connectivity index (χ2n) is 3.32. The number of aliphatic imine (C=N–C) groups is 1. The molecule has 2 rings (SSSR count). The van der Waals surface area contributed by atoms with Gasteiger partial charge in [-0.05, 0) is 0 Å². The lowest BCUT2D eigenvalue weighted by molar-refractivity contribution is 0.0941. The largest absolute Gasteiger partial charge is 0.486 e. The number of rotatable bonds is 2. The first-order chi connectivity index (χ1) is 8.13. The molecule has 2 aromatic heterocycles. The van der Waals surface area contributed by atoms with Crippen LogP contribution in [0.5, 0.6) is 0 Å². The molecule has 0 aliphatic rings. The van der Waals surface area contributed by atoms with E-state index in [1.54, 1.807) is 6.07 Å². The van der Waals surface area contributed by atoms with Crippen molar-refractivity contribution in [3.05, 3.63) is 22.7 Å². The standard InChI is InChI=1S/C10H10N4O3/c1-6(15)14-4-11-9-7(14)3-8(12-5-17-2)13-10(9)16/h3-5H,1-2H3,(H,13,16)/b12-5-. The van der Waals surface area contributed by atoms with Crippen LogP contribution in [0.3, 0.4) is 0 Å². The topological polar surface area (TPSA) is 89.3 Å². The van der Waals surface area contributed by atoms with Crippen molar-refractivity contribution in [1.82, 2.24) is 14.5 Å². The number of methoxy groups -OCH3 is 1. The molecule has 0 atom stereocenters. The maximum absolute atomic E-state index is 11.6. The molecule has 2 aromatic rings. The van der Waals surface area contributed by atoms with Crippen LogP contribution in [-0.2, 0) is 4.74 Å². The highest BCUT2D eigenvalue weighted by Crippen LogP contribution is 2.14.